The maximum atomic E-state index is 13.1. The average molecular weight is 469 g/mol. The number of nitrogen functional groups attached to an aromatic ring is 2. The number of anilines is 2. The normalized spacial score (nSPS) is 17.2. The van der Waals surface area contributed by atoms with Gasteiger partial charge in [-0.15, -0.1) is 0 Å². The van der Waals surface area contributed by atoms with Crippen LogP contribution in [0.15, 0.2) is 59.6 Å². The van der Waals surface area contributed by atoms with Crippen molar-refractivity contribution in [1.82, 2.24) is 19.3 Å². The maximum Gasteiger partial charge on any atom is 0.243 e. The van der Waals surface area contributed by atoms with E-state index in [1.165, 1.54) is 16.4 Å². The number of nitrogens with zero attached hydrogens (tertiary/aromatic N) is 3. The van der Waals surface area contributed by atoms with Gasteiger partial charge in [0, 0.05) is 47.4 Å². The second-order valence-electron chi connectivity index (χ2n) is 7.80. The number of nitrogens with one attached hydrogen (secondary N) is 1. The highest BCUT2D eigenvalue weighted by Gasteiger charge is 2.35. The maximum absolute atomic E-state index is 13.1. The van der Waals surface area contributed by atoms with Crippen molar-refractivity contribution in [3.8, 4) is 11.3 Å². The number of sulfonamides is 1. The fraction of sp³-hybridized carbons (Fsp3) is 0.182. The van der Waals surface area contributed by atoms with E-state index >= 15 is 0 Å². The van der Waals surface area contributed by atoms with E-state index in [9.17, 15) is 8.42 Å². The standard InChI is InChI=1S/C22H21ClN6O2S/c23-19-20(13-9-10-29(12-13)32(30,31)15-7-5-14(24)6-8-15)27-22(25)28-21(19)17-11-26-18-4-2-1-3-16(17)18/h1-8,11,13,26H,9-10,12,24H2,(H2,25,27,28)/t13-/m1/s1. The molecule has 1 aliphatic heterocycles. The van der Waals surface area contributed by atoms with E-state index in [2.05, 4.69) is 15.0 Å². The molecule has 0 spiro atoms. The van der Waals surface area contributed by atoms with Crippen LogP contribution in [0.4, 0.5) is 11.6 Å². The molecule has 3 heterocycles. The molecule has 0 unspecified atom stereocenters. The molecule has 0 aliphatic carbocycles. The smallest absolute Gasteiger partial charge is 0.243 e. The zero-order valence-electron chi connectivity index (χ0n) is 17.0. The second-order valence-corrected chi connectivity index (χ2v) is 10.1. The van der Waals surface area contributed by atoms with Crippen molar-refractivity contribution in [2.24, 2.45) is 0 Å². The molecular weight excluding hydrogens is 448 g/mol. The van der Waals surface area contributed by atoms with Gasteiger partial charge in [-0.1, -0.05) is 29.8 Å². The van der Waals surface area contributed by atoms with Crippen molar-refractivity contribution in [3.05, 3.63) is 65.4 Å². The Morgan fingerprint density at radius 2 is 1.81 bits per heavy atom. The van der Waals surface area contributed by atoms with Gasteiger partial charge in [-0.05, 0) is 36.8 Å². The first-order chi connectivity index (χ1) is 15.3. The third kappa shape index (κ3) is 3.48. The van der Waals surface area contributed by atoms with Crippen LogP contribution in [0.2, 0.25) is 5.02 Å². The number of hydrogen-bond donors (Lipinski definition) is 3. The van der Waals surface area contributed by atoms with Crippen LogP contribution in [0.1, 0.15) is 18.0 Å². The first-order valence-electron chi connectivity index (χ1n) is 10.1. The highest BCUT2D eigenvalue weighted by Crippen LogP contribution is 2.39. The average Bonchev–Trinajstić information content (AvgIpc) is 3.43. The van der Waals surface area contributed by atoms with Crippen LogP contribution >= 0.6 is 11.6 Å². The largest absolute Gasteiger partial charge is 0.399 e. The SMILES string of the molecule is Nc1ccc(S(=O)(=O)N2CC[C@@H](c3nc(N)nc(-c4c[nH]c5ccccc45)c3Cl)C2)cc1. The number of H-pyrrole nitrogens is 1. The highest BCUT2D eigenvalue weighted by atomic mass is 35.5. The fourth-order valence-electron chi connectivity index (χ4n) is 4.16. The molecule has 1 fully saturated rings. The summed E-state index contributed by atoms with van der Waals surface area (Å²) in [7, 11) is -3.65. The van der Waals surface area contributed by atoms with Crippen molar-refractivity contribution in [2.75, 3.05) is 24.6 Å². The lowest BCUT2D eigenvalue weighted by molar-refractivity contribution is 0.472. The Balaban J connectivity index is 1.49. The first kappa shape index (κ1) is 20.7. The molecule has 10 heteroatoms. The van der Waals surface area contributed by atoms with Crippen LogP contribution in [0.5, 0.6) is 0 Å². The number of aromatic nitrogens is 3. The molecule has 164 valence electrons. The summed E-state index contributed by atoms with van der Waals surface area (Å²) in [5.41, 5.74) is 15.1. The zero-order valence-corrected chi connectivity index (χ0v) is 18.6. The van der Waals surface area contributed by atoms with Crippen molar-refractivity contribution in [3.63, 3.8) is 0 Å². The summed E-state index contributed by atoms with van der Waals surface area (Å²) in [6.07, 6.45) is 2.42. The summed E-state index contributed by atoms with van der Waals surface area (Å²) in [6, 6.07) is 14.0. The van der Waals surface area contributed by atoms with Crippen LogP contribution in [0.3, 0.4) is 0 Å². The second kappa shape index (κ2) is 7.77. The summed E-state index contributed by atoms with van der Waals surface area (Å²) in [5, 5.41) is 1.36. The third-order valence-electron chi connectivity index (χ3n) is 5.79. The molecule has 1 saturated heterocycles. The predicted molar refractivity (Wildman–Crippen MR) is 126 cm³/mol. The number of para-hydroxylation sites is 1. The predicted octanol–water partition coefficient (Wildman–Crippen LogP) is 3.62. The van der Waals surface area contributed by atoms with E-state index in [-0.39, 0.29) is 23.3 Å². The lowest BCUT2D eigenvalue weighted by Crippen LogP contribution is -2.28. The number of halogens is 1. The molecule has 1 atom stereocenters. The number of aromatic amines is 1. The number of rotatable bonds is 4. The zero-order chi connectivity index (χ0) is 22.5. The molecular formula is C22H21ClN6O2S. The van der Waals surface area contributed by atoms with Crippen LogP contribution in [0, 0.1) is 0 Å². The van der Waals surface area contributed by atoms with Crippen LogP contribution < -0.4 is 11.5 Å². The van der Waals surface area contributed by atoms with Gasteiger partial charge in [0.15, 0.2) is 0 Å². The quantitative estimate of drug-likeness (QED) is 0.392. The number of hydrogen-bond acceptors (Lipinski definition) is 6. The molecule has 2 aromatic carbocycles. The van der Waals surface area contributed by atoms with Crippen LogP contribution in [-0.4, -0.2) is 40.8 Å². The van der Waals surface area contributed by atoms with E-state index in [4.69, 9.17) is 23.1 Å². The molecule has 8 nitrogen and oxygen atoms in total. The Labute approximate surface area is 190 Å². The summed E-state index contributed by atoms with van der Waals surface area (Å²) < 4.78 is 27.6. The lowest BCUT2D eigenvalue weighted by atomic mass is 10.0. The summed E-state index contributed by atoms with van der Waals surface area (Å²) in [5.74, 6) is -0.0927. The minimum absolute atomic E-state index is 0.101. The van der Waals surface area contributed by atoms with E-state index in [1.807, 2.05) is 30.5 Å². The van der Waals surface area contributed by atoms with E-state index < -0.39 is 10.0 Å². The monoisotopic (exact) mass is 468 g/mol. The number of nitrogens with two attached hydrogens (primary N) is 2. The molecule has 0 amide bonds. The lowest BCUT2D eigenvalue weighted by Gasteiger charge is -2.18. The summed E-state index contributed by atoms with van der Waals surface area (Å²) >= 11 is 6.77. The van der Waals surface area contributed by atoms with Crippen molar-refractivity contribution in [1.29, 1.82) is 0 Å². The van der Waals surface area contributed by atoms with Crippen molar-refractivity contribution in [2.45, 2.75) is 17.2 Å². The van der Waals surface area contributed by atoms with Gasteiger partial charge in [0.2, 0.25) is 16.0 Å². The Bertz CT molecular complexity index is 1420. The molecule has 5 N–H and O–H groups in total. The highest BCUT2D eigenvalue weighted by molar-refractivity contribution is 7.89. The molecule has 1 aliphatic rings. The molecule has 0 bridgehead atoms. The summed E-state index contributed by atoms with van der Waals surface area (Å²) in [4.78, 5) is 12.2. The van der Waals surface area contributed by atoms with Gasteiger partial charge < -0.3 is 16.5 Å². The Morgan fingerprint density at radius 1 is 1.06 bits per heavy atom. The van der Waals surface area contributed by atoms with Crippen molar-refractivity contribution >= 4 is 44.2 Å². The molecule has 0 radical (unpaired) electrons. The van der Waals surface area contributed by atoms with E-state index in [0.717, 1.165) is 16.5 Å². The molecule has 5 rings (SSSR count). The van der Waals surface area contributed by atoms with Gasteiger partial charge in [0.1, 0.15) is 0 Å². The first-order valence-corrected chi connectivity index (χ1v) is 11.9. The molecule has 4 aromatic rings. The van der Waals surface area contributed by atoms with Crippen LogP contribution in [-0.2, 0) is 10.0 Å². The van der Waals surface area contributed by atoms with E-state index in [1.54, 1.807) is 12.1 Å². The Kier molecular flexibility index (Phi) is 5.04. The minimum Gasteiger partial charge on any atom is -0.399 e. The Morgan fingerprint density at radius 3 is 2.59 bits per heavy atom. The van der Waals surface area contributed by atoms with E-state index in [0.29, 0.717) is 35.1 Å². The van der Waals surface area contributed by atoms with Crippen LogP contribution in [0.25, 0.3) is 22.2 Å². The molecule has 0 saturated carbocycles. The van der Waals surface area contributed by atoms with Gasteiger partial charge in [-0.2, -0.15) is 4.31 Å². The molecule has 32 heavy (non-hydrogen) atoms. The molecule has 2 aromatic heterocycles. The third-order valence-corrected chi connectivity index (χ3v) is 8.05. The van der Waals surface area contributed by atoms with Gasteiger partial charge in [0.25, 0.3) is 0 Å². The van der Waals surface area contributed by atoms with Gasteiger partial charge in [0.05, 0.1) is 21.3 Å². The fourth-order valence-corrected chi connectivity index (χ4v) is 6.00. The van der Waals surface area contributed by atoms with Gasteiger partial charge in [-0.3, -0.25) is 0 Å². The number of fused-ring (bicyclic) bond motifs is 1. The van der Waals surface area contributed by atoms with Gasteiger partial charge in [-0.25, -0.2) is 18.4 Å². The minimum atomic E-state index is -3.65. The Hall–Kier alpha value is -3.14. The topological polar surface area (TPSA) is 131 Å². The van der Waals surface area contributed by atoms with Gasteiger partial charge >= 0.3 is 0 Å². The summed E-state index contributed by atoms with van der Waals surface area (Å²) in [6.45, 7) is 0.621. The number of benzene rings is 2. The van der Waals surface area contributed by atoms with Crippen molar-refractivity contribution < 1.29 is 8.42 Å².